The summed E-state index contributed by atoms with van der Waals surface area (Å²) in [6.07, 6.45) is 1.16. The lowest BCUT2D eigenvalue weighted by atomic mass is 9.99. The molecule has 0 unspecified atom stereocenters. The Hall–Kier alpha value is -2.62. The van der Waals surface area contributed by atoms with Gasteiger partial charge in [0, 0.05) is 13.1 Å². The lowest BCUT2D eigenvalue weighted by Crippen LogP contribution is -2.48. The number of hydrogen-bond acceptors (Lipinski definition) is 2. The van der Waals surface area contributed by atoms with Crippen LogP contribution in [0.15, 0.2) is 54.6 Å². The molecular formula is C20H22N2O2. The second-order valence-corrected chi connectivity index (χ2v) is 6.23. The van der Waals surface area contributed by atoms with Crippen LogP contribution in [0.3, 0.4) is 0 Å². The van der Waals surface area contributed by atoms with E-state index in [0.29, 0.717) is 19.5 Å². The highest BCUT2D eigenvalue weighted by Crippen LogP contribution is 2.19. The number of hydrogen-bond donors (Lipinski definition) is 1. The van der Waals surface area contributed by atoms with E-state index in [4.69, 9.17) is 0 Å². The van der Waals surface area contributed by atoms with Gasteiger partial charge in [-0.25, -0.2) is 0 Å². The Labute approximate surface area is 142 Å². The van der Waals surface area contributed by atoms with Crippen LogP contribution >= 0.6 is 0 Å². The molecule has 1 atom stereocenters. The van der Waals surface area contributed by atoms with Crippen molar-refractivity contribution in [1.82, 2.24) is 10.2 Å². The fourth-order valence-electron chi connectivity index (χ4n) is 3.09. The zero-order valence-electron chi connectivity index (χ0n) is 13.9. The minimum Gasteiger partial charge on any atom is -0.344 e. The van der Waals surface area contributed by atoms with Crippen LogP contribution in [0, 0.1) is 0 Å². The van der Waals surface area contributed by atoms with Crippen molar-refractivity contribution in [1.29, 1.82) is 0 Å². The molecule has 3 rings (SSSR count). The first-order valence-electron chi connectivity index (χ1n) is 8.32. The maximum absolute atomic E-state index is 12.6. The van der Waals surface area contributed by atoms with Gasteiger partial charge in [0.15, 0.2) is 0 Å². The Morgan fingerprint density at radius 1 is 1.04 bits per heavy atom. The maximum atomic E-state index is 12.6. The molecule has 124 valence electrons. The van der Waals surface area contributed by atoms with Crippen LogP contribution in [-0.2, 0) is 29.0 Å². The van der Waals surface area contributed by atoms with E-state index in [2.05, 4.69) is 17.4 Å². The molecule has 0 fully saturated rings. The summed E-state index contributed by atoms with van der Waals surface area (Å²) >= 11 is 0. The Morgan fingerprint density at radius 2 is 1.71 bits per heavy atom. The third-order valence-corrected chi connectivity index (χ3v) is 4.40. The van der Waals surface area contributed by atoms with Crippen LogP contribution in [0.1, 0.15) is 23.6 Å². The minimum absolute atomic E-state index is 0.0223. The molecule has 0 saturated carbocycles. The van der Waals surface area contributed by atoms with Gasteiger partial charge in [-0.2, -0.15) is 0 Å². The SMILES string of the molecule is C[C@@H](NC(=O)Cc1ccccc1)C(=O)N1CCc2ccccc2C1. The molecule has 1 aliphatic rings. The van der Waals surface area contributed by atoms with Crippen LogP contribution in [0.25, 0.3) is 0 Å². The van der Waals surface area contributed by atoms with Crippen molar-refractivity contribution in [3.05, 3.63) is 71.3 Å². The molecule has 2 aromatic rings. The second kappa shape index (κ2) is 7.30. The zero-order chi connectivity index (χ0) is 16.9. The highest BCUT2D eigenvalue weighted by Gasteiger charge is 2.25. The van der Waals surface area contributed by atoms with Crippen LogP contribution in [0.5, 0.6) is 0 Å². The van der Waals surface area contributed by atoms with E-state index in [9.17, 15) is 9.59 Å². The summed E-state index contributed by atoms with van der Waals surface area (Å²) in [5.74, 6) is -0.148. The molecule has 0 aromatic heterocycles. The summed E-state index contributed by atoms with van der Waals surface area (Å²) < 4.78 is 0. The molecule has 2 amide bonds. The topological polar surface area (TPSA) is 49.4 Å². The first-order valence-corrected chi connectivity index (χ1v) is 8.32. The predicted octanol–water partition coefficient (Wildman–Crippen LogP) is 2.32. The summed E-state index contributed by atoms with van der Waals surface area (Å²) in [5, 5.41) is 2.82. The number of rotatable bonds is 4. The van der Waals surface area contributed by atoms with Crippen LogP contribution < -0.4 is 5.32 Å². The number of carbonyl (C=O) groups excluding carboxylic acids is 2. The smallest absolute Gasteiger partial charge is 0.245 e. The Balaban J connectivity index is 1.56. The van der Waals surface area contributed by atoms with Crippen molar-refractivity contribution in [3.63, 3.8) is 0 Å². The Bertz CT molecular complexity index is 727. The van der Waals surface area contributed by atoms with Gasteiger partial charge in [0.25, 0.3) is 0 Å². The molecule has 24 heavy (non-hydrogen) atoms. The lowest BCUT2D eigenvalue weighted by molar-refractivity contribution is -0.136. The van der Waals surface area contributed by atoms with E-state index in [0.717, 1.165) is 12.0 Å². The van der Waals surface area contributed by atoms with E-state index in [1.807, 2.05) is 47.4 Å². The molecule has 0 aliphatic carbocycles. The zero-order valence-corrected chi connectivity index (χ0v) is 13.9. The third kappa shape index (κ3) is 3.82. The molecule has 1 aliphatic heterocycles. The van der Waals surface area contributed by atoms with Gasteiger partial charge in [-0.1, -0.05) is 54.6 Å². The molecule has 1 N–H and O–H groups in total. The van der Waals surface area contributed by atoms with Gasteiger partial charge in [-0.3, -0.25) is 9.59 Å². The van der Waals surface area contributed by atoms with Gasteiger partial charge in [-0.05, 0) is 30.0 Å². The molecule has 0 bridgehead atoms. The molecule has 2 aromatic carbocycles. The van der Waals surface area contributed by atoms with Crippen LogP contribution in [0.4, 0.5) is 0 Å². The number of carbonyl (C=O) groups is 2. The number of fused-ring (bicyclic) bond motifs is 1. The summed E-state index contributed by atoms with van der Waals surface area (Å²) in [5.41, 5.74) is 3.45. The number of benzene rings is 2. The summed E-state index contributed by atoms with van der Waals surface area (Å²) in [6, 6.07) is 17.2. The Morgan fingerprint density at radius 3 is 2.46 bits per heavy atom. The van der Waals surface area contributed by atoms with Gasteiger partial charge in [0.1, 0.15) is 6.04 Å². The largest absolute Gasteiger partial charge is 0.344 e. The van der Waals surface area contributed by atoms with Gasteiger partial charge in [-0.15, -0.1) is 0 Å². The van der Waals surface area contributed by atoms with Gasteiger partial charge < -0.3 is 10.2 Å². The lowest BCUT2D eigenvalue weighted by Gasteiger charge is -2.31. The predicted molar refractivity (Wildman–Crippen MR) is 93.3 cm³/mol. The van der Waals surface area contributed by atoms with Crippen molar-refractivity contribution < 1.29 is 9.59 Å². The van der Waals surface area contributed by atoms with Crippen molar-refractivity contribution >= 4 is 11.8 Å². The van der Waals surface area contributed by atoms with Crippen molar-refractivity contribution in [2.75, 3.05) is 6.54 Å². The second-order valence-electron chi connectivity index (χ2n) is 6.23. The highest BCUT2D eigenvalue weighted by molar-refractivity contribution is 5.88. The summed E-state index contributed by atoms with van der Waals surface area (Å²) in [4.78, 5) is 26.6. The number of nitrogens with one attached hydrogen (secondary N) is 1. The molecule has 0 spiro atoms. The summed E-state index contributed by atoms with van der Waals surface area (Å²) in [7, 11) is 0. The average molecular weight is 322 g/mol. The Kier molecular flexibility index (Phi) is 4.94. The number of nitrogens with zero attached hydrogens (tertiary/aromatic N) is 1. The van der Waals surface area contributed by atoms with Gasteiger partial charge in [0.2, 0.25) is 11.8 Å². The normalized spacial score (nSPS) is 14.6. The monoisotopic (exact) mass is 322 g/mol. The molecule has 0 saturated heterocycles. The van der Waals surface area contributed by atoms with E-state index in [1.54, 1.807) is 6.92 Å². The first kappa shape index (κ1) is 16.2. The first-order chi connectivity index (χ1) is 11.6. The molecule has 4 heteroatoms. The van der Waals surface area contributed by atoms with E-state index >= 15 is 0 Å². The van der Waals surface area contributed by atoms with Gasteiger partial charge >= 0.3 is 0 Å². The maximum Gasteiger partial charge on any atom is 0.245 e. The van der Waals surface area contributed by atoms with E-state index in [1.165, 1.54) is 11.1 Å². The van der Waals surface area contributed by atoms with Crippen LogP contribution in [-0.4, -0.2) is 29.3 Å². The van der Waals surface area contributed by atoms with Gasteiger partial charge in [0.05, 0.1) is 6.42 Å². The van der Waals surface area contributed by atoms with Crippen molar-refractivity contribution in [3.8, 4) is 0 Å². The van der Waals surface area contributed by atoms with E-state index in [-0.39, 0.29) is 11.8 Å². The minimum atomic E-state index is -0.508. The van der Waals surface area contributed by atoms with Crippen molar-refractivity contribution in [2.24, 2.45) is 0 Å². The standard InChI is InChI=1S/C20H22N2O2/c1-15(21-19(23)13-16-7-3-2-4-8-16)20(24)22-12-11-17-9-5-6-10-18(17)14-22/h2-10,15H,11-14H2,1H3,(H,21,23)/t15-/m1/s1. The molecular weight excluding hydrogens is 300 g/mol. The molecule has 4 nitrogen and oxygen atoms in total. The van der Waals surface area contributed by atoms with Crippen LogP contribution in [0.2, 0.25) is 0 Å². The third-order valence-electron chi connectivity index (χ3n) is 4.40. The van der Waals surface area contributed by atoms with Crippen molar-refractivity contribution in [2.45, 2.75) is 32.4 Å². The van der Waals surface area contributed by atoms with E-state index < -0.39 is 6.04 Å². The highest BCUT2D eigenvalue weighted by atomic mass is 16.2. The fourth-order valence-corrected chi connectivity index (χ4v) is 3.09. The molecule has 0 radical (unpaired) electrons. The quantitative estimate of drug-likeness (QED) is 0.939. The summed E-state index contributed by atoms with van der Waals surface area (Å²) in [6.45, 7) is 3.08. The number of amides is 2. The average Bonchev–Trinajstić information content (AvgIpc) is 2.61. The molecule has 1 heterocycles. The fraction of sp³-hybridized carbons (Fsp3) is 0.300.